The average molecular weight is 301 g/mol. The fraction of sp³-hybridized carbons (Fsp3) is 0.375. The first kappa shape index (κ1) is 14.2. The van der Waals surface area contributed by atoms with Crippen LogP contribution in [0.25, 0.3) is 0 Å². The monoisotopic (exact) mass is 301 g/mol. The molecule has 0 radical (unpaired) electrons. The summed E-state index contributed by atoms with van der Waals surface area (Å²) < 4.78 is 0. The normalized spacial score (nSPS) is 17.3. The van der Waals surface area contributed by atoms with Gasteiger partial charge in [-0.05, 0) is 30.4 Å². The Morgan fingerprint density at radius 2 is 2.29 bits per heavy atom. The Bertz CT molecular complexity index is 638. The van der Waals surface area contributed by atoms with Crippen molar-refractivity contribution in [1.82, 2.24) is 10.3 Å². The van der Waals surface area contributed by atoms with Gasteiger partial charge in [0, 0.05) is 24.4 Å². The summed E-state index contributed by atoms with van der Waals surface area (Å²) in [5, 5.41) is 5.58. The summed E-state index contributed by atoms with van der Waals surface area (Å²) in [6, 6.07) is 8.54. The molecule has 0 bridgehead atoms. The summed E-state index contributed by atoms with van der Waals surface area (Å²) in [5.74, 6) is 0.306. The van der Waals surface area contributed by atoms with Crippen molar-refractivity contribution >= 4 is 17.2 Å². The molecule has 1 aromatic carbocycles. The van der Waals surface area contributed by atoms with Crippen LogP contribution in [0.3, 0.4) is 0 Å². The van der Waals surface area contributed by atoms with E-state index >= 15 is 0 Å². The van der Waals surface area contributed by atoms with Crippen LogP contribution in [0, 0.1) is 0 Å². The number of hydrogen-bond donors (Lipinski definition) is 2. The zero-order valence-corrected chi connectivity index (χ0v) is 12.7. The van der Waals surface area contributed by atoms with Gasteiger partial charge in [-0.25, -0.2) is 4.98 Å². The lowest BCUT2D eigenvalue weighted by Crippen LogP contribution is -2.30. The number of fused-ring (bicyclic) bond motifs is 1. The van der Waals surface area contributed by atoms with E-state index in [1.165, 1.54) is 28.9 Å². The van der Waals surface area contributed by atoms with E-state index in [1.807, 2.05) is 0 Å². The van der Waals surface area contributed by atoms with Crippen molar-refractivity contribution in [1.29, 1.82) is 0 Å². The van der Waals surface area contributed by atoms with Crippen LogP contribution in [-0.4, -0.2) is 17.4 Å². The lowest BCUT2D eigenvalue weighted by atomic mass is 9.83. The lowest BCUT2D eigenvalue weighted by Gasteiger charge is -2.25. The average Bonchev–Trinajstić information content (AvgIpc) is 3.01. The fourth-order valence-electron chi connectivity index (χ4n) is 2.88. The first-order valence-corrected chi connectivity index (χ1v) is 8.16. The molecule has 1 aliphatic carbocycles. The van der Waals surface area contributed by atoms with Crippen molar-refractivity contribution < 1.29 is 4.79 Å². The van der Waals surface area contributed by atoms with Gasteiger partial charge in [-0.3, -0.25) is 4.79 Å². The predicted molar refractivity (Wildman–Crippen MR) is 84.5 cm³/mol. The number of rotatable bonds is 4. The molecule has 0 spiro atoms. The largest absolute Gasteiger partial charge is 0.350 e. The second-order valence-electron chi connectivity index (χ2n) is 5.33. The first-order valence-electron chi connectivity index (χ1n) is 7.28. The number of carbonyl (C=O) groups is 1. The van der Waals surface area contributed by atoms with Gasteiger partial charge in [0.2, 0.25) is 0 Å². The summed E-state index contributed by atoms with van der Waals surface area (Å²) in [4.78, 5) is 16.3. The highest BCUT2D eigenvalue weighted by molar-refractivity contribution is 7.09. The topological polar surface area (TPSA) is 68.0 Å². The third kappa shape index (κ3) is 3.14. The molecular weight excluding hydrogens is 282 g/mol. The molecule has 1 unspecified atom stereocenters. The van der Waals surface area contributed by atoms with E-state index in [2.05, 4.69) is 34.6 Å². The van der Waals surface area contributed by atoms with Crippen LogP contribution in [0.4, 0.5) is 0 Å². The molecule has 1 aromatic heterocycles. The molecule has 1 amide bonds. The van der Waals surface area contributed by atoms with E-state index in [4.69, 9.17) is 5.73 Å². The van der Waals surface area contributed by atoms with Gasteiger partial charge < -0.3 is 11.1 Å². The molecule has 110 valence electrons. The molecule has 5 heteroatoms. The number of aryl methyl sites for hydroxylation is 1. The highest BCUT2D eigenvalue weighted by Crippen LogP contribution is 2.30. The molecule has 4 nitrogen and oxygen atoms in total. The smallest absolute Gasteiger partial charge is 0.270 e. The second kappa shape index (κ2) is 6.37. The van der Waals surface area contributed by atoms with Crippen molar-refractivity contribution in [3.05, 3.63) is 51.5 Å². The highest BCUT2D eigenvalue weighted by atomic mass is 32.1. The van der Waals surface area contributed by atoms with Gasteiger partial charge in [0.1, 0.15) is 10.7 Å². The van der Waals surface area contributed by atoms with E-state index < -0.39 is 0 Å². The van der Waals surface area contributed by atoms with Crippen molar-refractivity contribution in [2.45, 2.75) is 31.7 Å². The molecule has 0 saturated carbocycles. The Balaban J connectivity index is 1.64. The van der Waals surface area contributed by atoms with E-state index in [1.54, 1.807) is 5.38 Å². The van der Waals surface area contributed by atoms with Gasteiger partial charge in [-0.2, -0.15) is 0 Å². The Morgan fingerprint density at radius 1 is 1.43 bits per heavy atom. The highest BCUT2D eigenvalue weighted by Gasteiger charge is 2.20. The Morgan fingerprint density at radius 3 is 3.10 bits per heavy atom. The third-order valence-electron chi connectivity index (χ3n) is 3.96. The molecular formula is C16H19N3OS. The summed E-state index contributed by atoms with van der Waals surface area (Å²) in [7, 11) is 0. The number of thiazole rings is 1. The third-order valence-corrected chi connectivity index (χ3v) is 4.83. The summed E-state index contributed by atoms with van der Waals surface area (Å²) in [5.41, 5.74) is 8.80. The zero-order valence-electron chi connectivity index (χ0n) is 11.8. The summed E-state index contributed by atoms with van der Waals surface area (Å²) in [6.45, 7) is 1.05. The molecule has 2 aromatic rings. The van der Waals surface area contributed by atoms with E-state index in [9.17, 15) is 4.79 Å². The minimum Gasteiger partial charge on any atom is -0.350 e. The fourth-order valence-corrected chi connectivity index (χ4v) is 3.54. The van der Waals surface area contributed by atoms with Gasteiger partial charge in [-0.1, -0.05) is 24.3 Å². The van der Waals surface area contributed by atoms with Crippen molar-refractivity contribution in [3.8, 4) is 0 Å². The summed E-state index contributed by atoms with van der Waals surface area (Å²) in [6.07, 6.45) is 3.46. The van der Waals surface area contributed by atoms with Crippen molar-refractivity contribution in [2.75, 3.05) is 6.54 Å². The lowest BCUT2D eigenvalue weighted by molar-refractivity contribution is 0.0946. The Kier molecular flexibility index (Phi) is 4.31. The zero-order chi connectivity index (χ0) is 14.7. The number of nitrogens with one attached hydrogen (secondary N) is 1. The number of amides is 1. The number of carbonyl (C=O) groups excluding carboxylic acids is 1. The van der Waals surface area contributed by atoms with Crippen LogP contribution < -0.4 is 11.1 Å². The standard InChI is InChI=1S/C16H19N3OS/c17-8-15-19-14(10-21-15)16(20)18-9-12-6-3-5-11-4-1-2-7-13(11)12/h1-2,4,7,10,12H,3,5-6,8-9,17H2,(H,18,20). The van der Waals surface area contributed by atoms with Crippen LogP contribution >= 0.6 is 11.3 Å². The molecule has 21 heavy (non-hydrogen) atoms. The maximum absolute atomic E-state index is 12.1. The quantitative estimate of drug-likeness (QED) is 0.911. The van der Waals surface area contributed by atoms with Gasteiger partial charge in [0.15, 0.2) is 0 Å². The maximum atomic E-state index is 12.1. The number of benzene rings is 1. The van der Waals surface area contributed by atoms with E-state index in [0.717, 1.165) is 17.8 Å². The first-order chi connectivity index (χ1) is 10.3. The predicted octanol–water partition coefficient (Wildman–Crippen LogP) is 2.45. The van der Waals surface area contributed by atoms with Crippen molar-refractivity contribution in [2.24, 2.45) is 5.73 Å². The van der Waals surface area contributed by atoms with E-state index in [0.29, 0.717) is 24.7 Å². The number of aromatic nitrogens is 1. The van der Waals surface area contributed by atoms with Gasteiger partial charge >= 0.3 is 0 Å². The summed E-state index contributed by atoms with van der Waals surface area (Å²) >= 11 is 1.43. The van der Waals surface area contributed by atoms with Crippen LogP contribution in [0.2, 0.25) is 0 Å². The second-order valence-corrected chi connectivity index (χ2v) is 6.27. The molecule has 0 fully saturated rings. The number of hydrogen-bond acceptors (Lipinski definition) is 4. The molecule has 0 aliphatic heterocycles. The minimum atomic E-state index is -0.103. The minimum absolute atomic E-state index is 0.103. The van der Waals surface area contributed by atoms with E-state index in [-0.39, 0.29) is 5.91 Å². The van der Waals surface area contributed by atoms with Crippen LogP contribution in [0.15, 0.2) is 29.6 Å². The van der Waals surface area contributed by atoms with Gasteiger partial charge in [0.25, 0.3) is 5.91 Å². The molecule has 1 heterocycles. The Hall–Kier alpha value is -1.72. The molecule has 1 atom stereocenters. The molecule has 1 aliphatic rings. The SMILES string of the molecule is NCc1nc(C(=O)NCC2CCCc3ccccc32)cs1. The molecule has 3 rings (SSSR count). The molecule has 0 saturated heterocycles. The van der Waals surface area contributed by atoms with Crippen molar-refractivity contribution in [3.63, 3.8) is 0 Å². The van der Waals surface area contributed by atoms with Gasteiger partial charge in [-0.15, -0.1) is 11.3 Å². The Labute approximate surface area is 128 Å². The number of nitrogens with zero attached hydrogens (tertiary/aromatic N) is 1. The van der Waals surface area contributed by atoms with Crippen LogP contribution in [0.1, 0.15) is 45.4 Å². The molecule has 3 N–H and O–H groups in total. The maximum Gasteiger partial charge on any atom is 0.270 e. The van der Waals surface area contributed by atoms with Gasteiger partial charge in [0.05, 0.1) is 0 Å². The van der Waals surface area contributed by atoms with Crippen LogP contribution in [0.5, 0.6) is 0 Å². The van der Waals surface area contributed by atoms with Crippen LogP contribution in [-0.2, 0) is 13.0 Å². The number of nitrogens with two attached hydrogens (primary N) is 1.